The molecule has 2 heterocycles. The lowest BCUT2D eigenvalue weighted by Crippen LogP contribution is -2.32. The van der Waals surface area contributed by atoms with Crippen molar-refractivity contribution in [2.45, 2.75) is 26.1 Å². The molecular formula is C23H24F3N5O. The molecule has 1 unspecified atom stereocenters. The Labute approximate surface area is 183 Å². The van der Waals surface area contributed by atoms with Gasteiger partial charge >= 0.3 is 6.18 Å². The van der Waals surface area contributed by atoms with E-state index in [2.05, 4.69) is 27.3 Å². The minimum absolute atomic E-state index is 0.0524. The lowest BCUT2D eigenvalue weighted by atomic mass is 10.0. The van der Waals surface area contributed by atoms with Crippen molar-refractivity contribution in [2.75, 3.05) is 11.9 Å². The molecule has 0 aliphatic rings. The molecule has 1 amide bonds. The first-order chi connectivity index (χ1) is 15.2. The number of nitrogens with zero attached hydrogens (tertiary/aromatic N) is 3. The molecule has 0 radical (unpaired) electrons. The van der Waals surface area contributed by atoms with Crippen molar-refractivity contribution in [2.24, 2.45) is 7.05 Å². The van der Waals surface area contributed by atoms with Gasteiger partial charge in [-0.3, -0.25) is 4.79 Å². The van der Waals surface area contributed by atoms with E-state index in [0.29, 0.717) is 5.57 Å². The van der Waals surface area contributed by atoms with Gasteiger partial charge in [0.15, 0.2) is 5.65 Å². The number of anilines is 1. The average Bonchev–Trinajstić information content (AvgIpc) is 3.09. The molecule has 168 valence electrons. The Hall–Kier alpha value is -3.62. The van der Waals surface area contributed by atoms with E-state index in [1.54, 1.807) is 13.0 Å². The number of nitrogens with one attached hydrogen (secondary N) is 2. The molecule has 2 N–H and O–H groups in total. The van der Waals surface area contributed by atoms with Crippen LogP contribution in [0, 0.1) is 0 Å². The molecule has 0 saturated carbocycles. The number of benzene rings is 1. The molecule has 6 nitrogen and oxygen atoms in total. The molecule has 32 heavy (non-hydrogen) atoms. The summed E-state index contributed by atoms with van der Waals surface area (Å²) in [6.07, 6.45) is -1.55. The maximum Gasteiger partial charge on any atom is 0.417 e. The molecule has 0 saturated heterocycles. The molecule has 1 aromatic carbocycles. The average molecular weight is 443 g/mol. The topological polar surface area (TPSA) is 71.8 Å². The van der Waals surface area contributed by atoms with Crippen molar-refractivity contribution in [3.63, 3.8) is 0 Å². The van der Waals surface area contributed by atoms with Crippen LogP contribution in [0.4, 0.5) is 19.0 Å². The van der Waals surface area contributed by atoms with Crippen molar-refractivity contribution in [3.8, 4) is 0 Å². The first-order valence-electron chi connectivity index (χ1n) is 9.98. The predicted molar refractivity (Wildman–Crippen MR) is 119 cm³/mol. The molecule has 2 aromatic heterocycles. The van der Waals surface area contributed by atoms with Gasteiger partial charge in [-0.2, -0.15) is 18.3 Å². The summed E-state index contributed by atoms with van der Waals surface area (Å²) in [5, 5.41) is 9.62. The number of allylic oxidation sites excluding steroid dienone is 3. The Morgan fingerprint density at radius 2 is 1.97 bits per heavy atom. The van der Waals surface area contributed by atoms with Crippen LogP contribution in [0.25, 0.3) is 16.6 Å². The number of rotatable bonds is 7. The Bertz CT molecular complexity index is 1170. The molecule has 3 aromatic rings. The number of carbonyl (C=O) groups excluding carboxylic acids is 1. The predicted octanol–water partition coefficient (Wildman–Crippen LogP) is 4.87. The van der Waals surface area contributed by atoms with E-state index in [0.717, 1.165) is 11.6 Å². The monoisotopic (exact) mass is 443 g/mol. The van der Waals surface area contributed by atoms with Crippen LogP contribution in [0.15, 0.2) is 55.1 Å². The summed E-state index contributed by atoms with van der Waals surface area (Å²) in [5.41, 5.74) is 0.715. The van der Waals surface area contributed by atoms with Crippen LogP contribution in [0.3, 0.4) is 0 Å². The molecule has 9 heteroatoms. The Balaban J connectivity index is 1.89. The van der Waals surface area contributed by atoms with Gasteiger partial charge < -0.3 is 10.6 Å². The summed E-state index contributed by atoms with van der Waals surface area (Å²) >= 11 is 0. The number of aromatic nitrogens is 3. The summed E-state index contributed by atoms with van der Waals surface area (Å²) < 4.78 is 43.0. The number of hydrogen-bond acceptors (Lipinski definition) is 4. The zero-order valence-corrected chi connectivity index (χ0v) is 18.0. The lowest BCUT2D eigenvalue weighted by molar-refractivity contribution is -0.136. The lowest BCUT2D eigenvalue weighted by Gasteiger charge is -2.15. The quantitative estimate of drug-likeness (QED) is 0.512. The fourth-order valence-corrected chi connectivity index (χ4v) is 3.40. The highest BCUT2D eigenvalue weighted by Crippen LogP contribution is 2.39. The van der Waals surface area contributed by atoms with Crippen LogP contribution in [-0.2, 0) is 18.0 Å². The van der Waals surface area contributed by atoms with Gasteiger partial charge in [0.25, 0.3) is 0 Å². The third-order valence-corrected chi connectivity index (χ3v) is 5.01. The van der Waals surface area contributed by atoms with Crippen LogP contribution >= 0.6 is 0 Å². The van der Waals surface area contributed by atoms with Gasteiger partial charge in [-0.1, -0.05) is 49.1 Å². The van der Waals surface area contributed by atoms with E-state index >= 15 is 0 Å². The molecule has 0 aliphatic carbocycles. The molecule has 3 rings (SSSR count). The van der Waals surface area contributed by atoms with Gasteiger partial charge in [0.05, 0.1) is 23.5 Å². The number of carbonyl (C=O) groups is 1. The van der Waals surface area contributed by atoms with E-state index in [-0.39, 0.29) is 41.0 Å². The molecular weight excluding hydrogens is 419 g/mol. The zero-order chi connectivity index (χ0) is 23.5. The van der Waals surface area contributed by atoms with Gasteiger partial charge in [-0.05, 0) is 31.1 Å². The summed E-state index contributed by atoms with van der Waals surface area (Å²) in [6.45, 7) is 6.95. The molecule has 0 aliphatic heterocycles. The maximum atomic E-state index is 13.9. The highest BCUT2D eigenvalue weighted by atomic mass is 19.4. The summed E-state index contributed by atoms with van der Waals surface area (Å²) in [4.78, 5) is 16.6. The SMILES string of the molecule is C=CC(=CC)c1nn(C)c2nc(NCC(=O)NC(C)c3ccccc3)cc(C(F)(F)F)c12. The number of halogens is 3. The minimum atomic E-state index is -4.64. The number of aryl methyl sites for hydroxylation is 1. The Morgan fingerprint density at radius 3 is 2.56 bits per heavy atom. The summed E-state index contributed by atoms with van der Waals surface area (Å²) in [6, 6.07) is 10.0. The zero-order valence-electron chi connectivity index (χ0n) is 18.0. The maximum absolute atomic E-state index is 13.9. The molecule has 0 fully saturated rings. The number of amides is 1. The van der Waals surface area contributed by atoms with Crippen LogP contribution in [0.1, 0.15) is 36.7 Å². The fraction of sp³-hybridized carbons (Fsp3) is 0.261. The second-order valence-corrected chi connectivity index (χ2v) is 7.23. The second kappa shape index (κ2) is 9.25. The normalized spacial score (nSPS) is 13.1. The highest BCUT2D eigenvalue weighted by Gasteiger charge is 2.36. The van der Waals surface area contributed by atoms with Gasteiger partial charge in [-0.15, -0.1) is 0 Å². The van der Waals surface area contributed by atoms with E-state index in [1.165, 1.54) is 17.8 Å². The van der Waals surface area contributed by atoms with Gasteiger partial charge in [0, 0.05) is 7.05 Å². The van der Waals surface area contributed by atoms with Crippen LogP contribution in [0.5, 0.6) is 0 Å². The molecule has 1 atom stereocenters. The Morgan fingerprint density at radius 1 is 1.28 bits per heavy atom. The molecule has 0 spiro atoms. The molecule has 0 bridgehead atoms. The first-order valence-corrected chi connectivity index (χ1v) is 9.98. The number of hydrogen-bond donors (Lipinski definition) is 2. The first kappa shape index (κ1) is 23.1. The van der Waals surface area contributed by atoms with Crippen molar-refractivity contribution in [3.05, 3.63) is 72.0 Å². The van der Waals surface area contributed by atoms with Gasteiger partial charge in [0.1, 0.15) is 11.5 Å². The van der Waals surface area contributed by atoms with Crippen molar-refractivity contribution in [1.82, 2.24) is 20.1 Å². The van der Waals surface area contributed by atoms with Crippen LogP contribution < -0.4 is 10.6 Å². The smallest absolute Gasteiger partial charge is 0.361 e. The summed E-state index contributed by atoms with van der Waals surface area (Å²) in [7, 11) is 1.52. The largest absolute Gasteiger partial charge is 0.417 e. The van der Waals surface area contributed by atoms with Gasteiger partial charge in [-0.25, -0.2) is 9.67 Å². The van der Waals surface area contributed by atoms with Crippen LogP contribution in [-0.4, -0.2) is 27.2 Å². The second-order valence-electron chi connectivity index (χ2n) is 7.23. The minimum Gasteiger partial charge on any atom is -0.361 e. The Kier molecular flexibility index (Phi) is 6.67. The van der Waals surface area contributed by atoms with E-state index < -0.39 is 11.7 Å². The van der Waals surface area contributed by atoms with Crippen molar-refractivity contribution in [1.29, 1.82) is 0 Å². The third kappa shape index (κ3) is 4.82. The van der Waals surface area contributed by atoms with E-state index in [4.69, 9.17) is 0 Å². The standard InChI is InChI=1S/C23H24F3N5O/c1-5-15(6-2)21-20-17(23(24,25)26)12-18(29-22(20)31(4)30-21)27-13-19(32)28-14(3)16-10-8-7-9-11-16/h5-12,14H,1,13H2,2-4H3,(H,27,29)(H,28,32). The van der Waals surface area contributed by atoms with Crippen LogP contribution in [0.2, 0.25) is 0 Å². The fourth-order valence-electron chi connectivity index (χ4n) is 3.40. The third-order valence-electron chi connectivity index (χ3n) is 5.01. The van der Waals surface area contributed by atoms with E-state index in [9.17, 15) is 18.0 Å². The number of alkyl halides is 3. The number of pyridine rings is 1. The number of fused-ring (bicyclic) bond motifs is 1. The summed E-state index contributed by atoms with van der Waals surface area (Å²) in [5.74, 6) is -0.437. The van der Waals surface area contributed by atoms with Crippen molar-refractivity contribution < 1.29 is 18.0 Å². The van der Waals surface area contributed by atoms with Gasteiger partial charge in [0.2, 0.25) is 5.91 Å². The van der Waals surface area contributed by atoms with E-state index in [1.807, 2.05) is 37.3 Å². The highest BCUT2D eigenvalue weighted by molar-refractivity contribution is 5.95. The van der Waals surface area contributed by atoms with Crippen molar-refractivity contribution >= 4 is 28.3 Å².